The van der Waals surface area contributed by atoms with Crippen molar-refractivity contribution >= 4 is 31.9 Å². The van der Waals surface area contributed by atoms with Crippen LogP contribution in [0, 0.1) is 0 Å². The zero-order chi connectivity index (χ0) is 17.2. The molecule has 24 heavy (non-hydrogen) atoms. The van der Waals surface area contributed by atoms with Crippen LogP contribution >= 0.6 is 15.9 Å². The van der Waals surface area contributed by atoms with E-state index < -0.39 is 15.9 Å². The fourth-order valence-corrected chi connectivity index (χ4v) is 3.44. The number of carbonyl (C=O) groups is 1. The second kappa shape index (κ2) is 6.78. The minimum atomic E-state index is -4.04. The Kier molecular flexibility index (Phi) is 4.72. The smallest absolute Gasteiger partial charge is 0.266 e. The van der Waals surface area contributed by atoms with E-state index in [4.69, 9.17) is 9.47 Å². The molecule has 0 spiro atoms. The van der Waals surface area contributed by atoms with E-state index in [1.807, 2.05) is 4.72 Å². The van der Waals surface area contributed by atoms with Crippen molar-refractivity contribution in [2.75, 3.05) is 13.2 Å². The maximum absolute atomic E-state index is 12.4. The molecular formula is C15H13BrN2O5S. The van der Waals surface area contributed by atoms with Gasteiger partial charge in [0, 0.05) is 29.4 Å². The van der Waals surface area contributed by atoms with Crippen LogP contribution < -0.4 is 14.2 Å². The van der Waals surface area contributed by atoms with E-state index in [0.717, 1.165) is 0 Å². The summed E-state index contributed by atoms with van der Waals surface area (Å²) in [5.74, 6) is 0.0526. The minimum absolute atomic E-state index is 0.0805. The van der Waals surface area contributed by atoms with Gasteiger partial charge in [-0.1, -0.05) is 0 Å². The van der Waals surface area contributed by atoms with Gasteiger partial charge in [0.2, 0.25) is 0 Å². The Balaban J connectivity index is 1.85. The maximum atomic E-state index is 12.4. The van der Waals surface area contributed by atoms with Crippen molar-refractivity contribution < 1.29 is 22.7 Å². The number of ether oxygens (including phenoxy) is 2. The van der Waals surface area contributed by atoms with Crippen molar-refractivity contribution in [3.05, 3.63) is 46.7 Å². The van der Waals surface area contributed by atoms with E-state index in [-0.39, 0.29) is 10.5 Å². The Hall–Kier alpha value is -2.13. The van der Waals surface area contributed by atoms with Gasteiger partial charge in [-0.3, -0.25) is 9.78 Å². The SMILES string of the molecule is O=C(NS(=O)(=O)c1ccc2c(c1)OCCCO2)c1cncc(Br)c1. The molecule has 0 saturated heterocycles. The van der Waals surface area contributed by atoms with Gasteiger partial charge in [-0.2, -0.15) is 0 Å². The highest BCUT2D eigenvalue weighted by Gasteiger charge is 2.22. The molecule has 1 N–H and O–H groups in total. The van der Waals surface area contributed by atoms with Crippen LogP contribution in [0.3, 0.4) is 0 Å². The maximum Gasteiger partial charge on any atom is 0.266 e. The molecule has 1 aromatic heterocycles. The van der Waals surface area contributed by atoms with Gasteiger partial charge in [-0.05, 0) is 34.1 Å². The Bertz CT molecular complexity index is 885. The van der Waals surface area contributed by atoms with Crippen molar-refractivity contribution in [1.82, 2.24) is 9.71 Å². The lowest BCUT2D eigenvalue weighted by molar-refractivity contribution is 0.0981. The quantitative estimate of drug-likeness (QED) is 0.829. The van der Waals surface area contributed by atoms with Crippen molar-refractivity contribution in [1.29, 1.82) is 0 Å². The second-order valence-electron chi connectivity index (χ2n) is 4.99. The van der Waals surface area contributed by atoms with E-state index in [1.165, 1.54) is 36.7 Å². The molecule has 0 unspecified atom stereocenters. The number of benzene rings is 1. The highest BCUT2D eigenvalue weighted by Crippen LogP contribution is 2.31. The number of pyridine rings is 1. The number of nitrogens with one attached hydrogen (secondary N) is 1. The lowest BCUT2D eigenvalue weighted by Gasteiger charge is -2.11. The fourth-order valence-electron chi connectivity index (χ4n) is 2.09. The third kappa shape index (κ3) is 3.68. The Morgan fingerprint density at radius 1 is 1.12 bits per heavy atom. The first-order valence-electron chi connectivity index (χ1n) is 7.03. The number of fused-ring (bicyclic) bond motifs is 1. The molecule has 0 radical (unpaired) electrons. The van der Waals surface area contributed by atoms with E-state index in [1.54, 1.807) is 0 Å². The first kappa shape index (κ1) is 16.7. The fraction of sp³-hybridized carbons (Fsp3) is 0.200. The van der Waals surface area contributed by atoms with E-state index in [2.05, 4.69) is 20.9 Å². The lowest BCUT2D eigenvalue weighted by atomic mass is 10.3. The number of sulfonamides is 1. The third-order valence-electron chi connectivity index (χ3n) is 3.22. The highest BCUT2D eigenvalue weighted by atomic mass is 79.9. The molecule has 0 aliphatic carbocycles. The summed E-state index contributed by atoms with van der Waals surface area (Å²) >= 11 is 3.18. The molecule has 1 aliphatic heterocycles. The molecule has 0 bridgehead atoms. The molecule has 3 rings (SSSR count). The van der Waals surface area contributed by atoms with E-state index in [0.29, 0.717) is 35.6 Å². The van der Waals surface area contributed by atoms with Crippen LogP contribution in [0.2, 0.25) is 0 Å². The van der Waals surface area contributed by atoms with E-state index in [9.17, 15) is 13.2 Å². The number of nitrogens with zero attached hydrogens (tertiary/aromatic N) is 1. The van der Waals surface area contributed by atoms with Crippen molar-refractivity contribution in [3.8, 4) is 11.5 Å². The Labute approximate surface area is 147 Å². The molecule has 1 amide bonds. The predicted octanol–water partition coefficient (Wildman–Crippen LogP) is 2.12. The van der Waals surface area contributed by atoms with Gasteiger partial charge in [0.25, 0.3) is 15.9 Å². The molecule has 1 aromatic carbocycles. The number of halogens is 1. The zero-order valence-corrected chi connectivity index (χ0v) is 14.8. The monoisotopic (exact) mass is 412 g/mol. The van der Waals surface area contributed by atoms with Gasteiger partial charge in [0.05, 0.1) is 23.7 Å². The predicted molar refractivity (Wildman–Crippen MR) is 88.6 cm³/mol. The van der Waals surface area contributed by atoms with Gasteiger partial charge >= 0.3 is 0 Å². The van der Waals surface area contributed by atoms with Crippen molar-refractivity contribution in [2.24, 2.45) is 0 Å². The number of amides is 1. The largest absolute Gasteiger partial charge is 0.490 e. The van der Waals surface area contributed by atoms with Crippen LogP contribution in [0.1, 0.15) is 16.8 Å². The normalized spacial score (nSPS) is 13.9. The molecule has 7 nitrogen and oxygen atoms in total. The average molecular weight is 413 g/mol. The second-order valence-corrected chi connectivity index (χ2v) is 7.58. The standard InChI is InChI=1S/C15H13BrN2O5S/c16-11-6-10(8-17-9-11)15(19)18-24(20,21)12-2-3-13-14(7-12)23-5-1-4-22-13/h2-3,6-9H,1,4-5H2,(H,18,19). The Morgan fingerprint density at radius 3 is 2.62 bits per heavy atom. The molecular weight excluding hydrogens is 400 g/mol. The van der Waals surface area contributed by atoms with Crippen LogP contribution in [0.4, 0.5) is 0 Å². The summed E-state index contributed by atoms with van der Waals surface area (Å²) in [5.41, 5.74) is 0.127. The minimum Gasteiger partial charge on any atom is -0.490 e. The van der Waals surface area contributed by atoms with Crippen molar-refractivity contribution in [2.45, 2.75) is 11.3 Å². The summed E-state index contributed by atoms with van der Waals surface area (Å²) in [5, 5.41) is 0. The summed E-state index contributed by atoms with van der Waals surface area (Å²) in [6.07, 6.45) is 3.49. The molecule has 2 aromatic rings. The molecule has 1 aliphatic rings. The van der Waals surface area contributed by atoms with Crippen LogP contribution in [0.5, 0.6) is 11.5 Å². The van der Waals surface area contributed by atoms with Gasteiger partial charge < -0.3 is 9.47 Å². The van der Waals surface area contributed by atoms with Crippen LogP contribution in [-0.2, 0) is 10.0 Å². The summed E-state index contributed by atoms with van der Waals surface area (Å²) in [7, 11) is -4.04. The van der Waals surface area contributed by atoms with Crippen molar-refractivity contribution in [3.63, 3.8) is 0 Å². The third-order valence-corrected chi connectivity index (χ3v) is 4.99. The number of hydrogen-bond acceptors (Lipinski definition) is 6. The van der Waals surface area contributed by atoms with Gasteiger partial charge in [-0.15, -0.1) is 0 Å². The summed E-state index contributed by atoms with van der Waals surface area (Å²) in [6, 6.07) is 5.70. The van der Waals surface area contributed by atoms with Crippen LogP contribution in [0.25, 0.3) is 0 Å². The molecule has 0 atom stereocenters. The molecule has 126 valence electrons. The lowest BCUT2D eigenvalue weighted by Crippen LogP contribution is -2.30. The number of carbonyl (C=O) groups excluding carboxylic acids is 1. The number of rotatable bonds is 3. The highest BCUT2D eigenvalue weighted by molar-refractivity contribution is 9.10. The Morgan fingerprint density at radius 2 is 1.88 bits per heavy atom. The molecule has 9 heteroatoms. The average Bonchev–Trinajstić information content (AvgIpc) is 2.79. The van der Waals surface area contributed by atoms with E-state index >= 15 is 0 Å². The summed E-state index contributed by atoms with van der Waals surface area (Å²) in [6.45, 7) is 0.943. The number of hydrogen-bond donors (Lipinski definition) is 1. The zero-order valence-electron chi connectivity index (χ0n) is 12.4. The molecule has 0 saturated carbocycles. The molecule has 0 fully saturated rings. The van der Waals surface area contributed by atoms with Gasteiger partial charge in [0.15, 0.2) is 11.5 Å². The van der Waals surface area contributed by atoms with Gasteiger partial charge in [-0.25, -0.2) is 13.1 Å². The first-order valence-corrected chi connectivity index (χ1v) is 9.31. The van der Waals surface area contributed by atoms with Crippen LogP contribution in [-0.4, -0.2) is 32.5 Å². The van der Waals surface area contributed by atoms with Crippen LogP contribution in [0.15, 0.2) is 46.0 Å². The summed E-state index contributed by atoms with van der Waals surface area (Å²) < 4.78 is 38.3. The number of aromatic nitrogens is 1. The topological polar surface area (TPSA) is 94.6 Å². The first-order chi connectivity index (χ1) is 11.5. The van der Waals surface area contributed by atoms with Gasteiger partial charge in [0.1, 0.15) is 0 Å². The summed E-state index contributed by atoms with van der Waals surface area (Å²) in [4.78, 5) is 15.9. The molecule has 2 heterocycles.